The van der Waals surface area contributed by atoms with E-state index in [1.54, 1.807) is 0 Å². The number of ether oxygens (including phenoxy) is 2. The maximum absolute atomic E-state index is 5.60. The Morgan fingerprint density at radius 2 is 1.78 bits per heavy atom. The fourth-order valence-electron chi connectivity index (χ4n) is 1.80. The van der Waals surface area contributed by atoms with Crippen LogP contribution in [0.25, 0.3) is 0 Å². The molecule has 0 aliphatic heterocycles. The van der Waals surface area contributed by atoms with E-state index in [0.717, 1.165) is 24.6 Å². The number of hydrogen-bond acceptors (Lipinski definition) is 4. The maximum Gasteiger partial charge on any atom is 0.161 e. The minimum Gasteiger partial charge on any atom is -0.490 e. The number of rotatable bonds is 8. The molecule has 1 aromatic carbocycles. The van der Waals surface area contributed by atoms with E-state index in [2.05, 4.69) is 18.0 Å². The molecule has 102 valence electrons. The Labute approximate surface area is 110 Å². The summed E-state index contributed by atoms with van der Waals surface area (Å²) in [7, 11) is 2.06. The highest BCUT2D eigenvalue weighted by Gasteiger charge is 2.07. The minimum absolute atomic E-state index is 0.641. The zero-order valence-corrected chi connectivity index (χ0v) is 11.6. The van der Waals surface area contributed by atoms with Crippen molar-refractivity contribution in [2.24, 2.45) is 5.73 Å². The van der Waals surface area contributed by atoms with E-state index in [4.69, 9.17) is 15.2 Å². The molecule has 0 atom stereocenters. The van der Waals surface area contributed by atoms with Gasteiger partial charge in [0, 0.05) is 19.6 Å². The topological polar surface area (TPSA) is 47.7 Å². The zero-order valence-electron chi connectivity index (χ0n) is 11.6. The maximum atomic E-state index is 5.60. The van der Waals surface area contributed by atoms with Gasteiger partial charge in [-0.2, -0.15) is 0 Å². The highest BCUT2D eigenvalue weighted by molar-refractivity contribution is 5.43. The van der Waals surface area contributed by atoms with Gasteiger partial charge in [0.2, 0.25) is 0 Å². The first-order valence-electron chi connectivity index (χ1n) is 6.48. The van der Waals surface area contributed by atoms with Crippen molar-refractivity contribution in [1.29, 1.82) is 0 Å². The van der Waals surface area contributed by atoms with E-state index in [1.165, 1.54) is 5.56 Å². The van der Waals surface area contributed by atoms with Gasteiger partial charge in [-0.3, -0.25) is 0 Å². The number of hydrogen-bond donors (Lipinski definition) is 1. The van der Waals surface area contributed by atoms with Gasteiger partial charge in [-0.25, -0.2) is 0 Å². The molecule has 0 heterocycles. The monoisotopic (exact) mass is 252 g/mol. The summed E-state index contributed by atoms with van der Waals surface area (Å²) in [6.07, 6.45) is 0. The Kier molecular flexibility index (Phi) is 6.54. The van der Waals surface area contributed by atoms with E-state index < -0.39 is 0 Å². The molecule has 4 nitrogen and oxygen atoms in total. The Bertz CT molecular complexity index is 356. The summed E-state index contributed by atoms with van der Waals surface area (Å²) < 4.78 is 11.1. The van der Waals surface area contributed by atoms with Gasteiger partial charge in [-0.05, 0) is 38.6 Å². The third kappa shape index (κ3) is 4.55. The van der Waals surface area contributed by atoms with Crippen LogP contribution in [-0.4, -0.2) is 38.3 Å². The first-order chi connectivity index (χ1) is 8.71. The van der Waals surface area contributed by atoms with Crippen LogP contribution >= 0.6 is 0 Å². The van der Waals surface area contributed by atoms with Crippen LogP contribution in [0.3, 0.4) is 0 Å². The third-order valence-electron chi connectivity index (χ3n) is 2.57. The molecule has 0 bridgehead atoms. The first kappa shape index (κ1) is 14.8. The van der Waals surface area contributed by atoms with Crippen LogP contribution in [-0.2, 0) is 6.54 Å². The second kappa shape index (κ2) is 7.95. The smallest absolute Gasteiger partial charge is 0.161 e. The van der Waals surface area contributed by atoms with Gasteiger partial charge in [-0.15, -0.1) is 0 Å². The molecule has 0 saturated carbocycles. The van der Waals surface area contributed by atoms with Crippen molar-refractivity contribution in [3.05, 3.63) is 23.8 Å². The number of nitrogens with zero attached hydrogens (tertiary/aromatic N) is 1. The Balaban J connectivity index is 2.78. The molecule has 18 heavy (non-hydrogen) atoms. The molecule has 0 aromatic heterocycles. The molecule has 0 radical (unpaired) electrons. The summed E-state index contributed by atoms with van der Waals surface area (Å²) in [4.78, 5) is 2.19. The number of likely N-dealkylation sites (N-methyl/N-ethyl adjacent to an activating group) is 1. The Morgan fingerprint density at radius 1 is 1.11 bits per heavy atom. The lowest BCUT2D eigenvalue weighted by molar-refractivity contribution is 0.286. The highest BCUT2D eigenvalue weighted by Crippen LogP contribution is 2.28. The molecule has 1 aromatic rings. The standard InChI is InChI=1S/C14H24N2O2/c1-4-17-13-7-6-12(10-14(13)18-5-2)11-16(3)9-8-15/h6-7,10H,4-5,8-9,11,15H2,1-3H3. The lowest BCUT2D eigenvalue weighted by Gasteiger charge is -2.17. The molecule has 0 fully saturated rings. The second-order valence-corrected chi connectivity index (χ2v) is 4.17. The summed E-state index contributed by atoms with van der Waals surface area (Å²) in [6, 6.07) is 6.09. The lowest BCUT2D eigenvalue weighted by atomic mass is 10.2. The van der Waals surface area contributed by atoms with Gasteiger partial charge in [0.25, 0.3) is 0 Å². The summed E-state index contributed by atoms with van der Waals surface area (Å²) >= 11 is 0. The molecule has 1 rings (SSSR count). The summed E-state index contributed by atoms with van der Waals surface area (Å²) in [6.45, 7) is 7.66. The Morgan fingerprint density at radius 3 is 2.39 bits per heavy atom. The van der Waals surface area contributed by atoms with Crippen molar-refractivity contribution in [1.82, 2.24) is 4.90 Å². The lowest BCUT2D eigenvalue weighted by Crippen LogP contribution is -2.24. The van der Waals surface area contributed by atoms with Crippen LogP contribution in [0.4, 0.5) is 0 Å². The van der Waals surface area contributed by atoms with E-state index >= 15 is 0 Å². The van der Waals surface area contributed by atoms with Crippen LogP contribution in [0, 0.1) is 0 Å². The molecular formula is C14H24N2O2. The average molecular weight is 252 g/mol. The summed E-state index contributed by atoms with van der Waals surface area (Å²) in [5.41, 5.74) is 6.74. The quantitative estimate of drug-likeness (QED) is 0.767. The molecule has 4 heteroatoms. The molecule has 0 spiro atoms. The molecule has 0 aliphatic carbocycles. The van der Waals surface area contributed by atoms with Gasteiger partial charge in [0.15, 0.2) is 11.5 Å². The molecule has 0 saturated heterocycles. The van der Waals surface area contributed by atoms with Crippen LogP contribution < -0.4 is 15.2 Å². The fourth-order valence-corrected chi connectivity index (χ4v) is 1.80. The van der Waals surface area contributed by atoms with Crippen LogP contribution in [0.2, 0.25) is 0 Å². The van der Waals surface area contributed by atoms with Crippen LogP contribution in [0.5, 0.6) is 11.5 Å². The van der Waals surface area contributed by atoms with Gasteiger partial charge in [0.1, 0.15) is 0 Å². The SMILES string of the molecule is CCOc1ccc(CN(C)CCN)cc1OCC. The Hall–Kier alpha value is -1.26. The first-order valence-corrected chi connectivity index (χ1v) is 6.48. The number of nitrogens with two attached hydrogens (primary N) is 1. The van der Waals surface area contributed by atoms with Crippen molar-refractivity contribution in [2.75, 3.05) is 33.4 Å². The van der Waals surface area contributed by atoms with Crippen molar-refractivity contribution in [2.45, 2.75) is 20.4 Å². The van der Waals surface area contributed by atoms with Crippen molar-refractivity contribution >= 4 is 0 Å². The van der Waals surface area contributed by atoms with Crippen LogP contribution in [0.15, 0.2) is 18.2 Å². The number of benzene rings is 1. The summed E-state index contributed by atoms with van der Waals surface area (Å²) in [5.74, 6) is 1.63. The van der Waals surface area contributed by atoms with E-state index in [1.807, 2.05) is 26.0 Å². The fraction of sp³-hybridized carbons (Fsp3) is 0.571. The van der Waals surface area contributed by atoms with E-state index in [-0.39, 0.29) is 0 Å². The van der Waals surface area contributed by atoms with Gasteiger partial charge in [0.05, 0.1) is 13.2 Å². The van der Waals surface area contributed by atoms with Crippen molar-refractivity contribution in [3.63, 3.8) is 0 Å². The predicted octanol–water partition coefficient (Wildman–Crippen LogP) is 1.87. The van der Waals surface area contributed by atoms with Gasteiger partial charge < -0.3 is 20.1 Å². The van der Waals surface area contributed by atoms with Gasteiger partial charge in [-0.1, -0.05) is 6.07 Å². The van der Waals surface area contributed by atoms with E-state index in [0.29, 0.717) is 19.8 Å². The molecular weight excluding hydrogens is 228 g/mol. The normalized spacial score (nSPS) is 10.7. The zero-order chi connectivity index (χ0) is 13.4. The van der Waals surface area contributed by atoms with Gasteiger partial charge >= 0.3 is 0 Å². The van der Waals surface area contributed by atoms with Crippen molar-refractivity contribution < 1.29 is 9.47 Å². The largest absolute Gasteiger partial charge is 0.490 e. The third-order valence-corrected chi connectivity index (χ3v) is 2.57. The van der Waals surface area contributed by atoms with Crippen molar-refractivity contribution in [3.8, 4) is 11.5 Å². The molecule has 0 amide bonds. The average Bonchev–Trinajstić information content (AvgIpc) is 2.33. The minimum atomic E-state index is 0.641. The highest BCUT2D eigenvalue weighted by atomic mass is 16.5. The summed E-state index contributed by atoms with van der Waals surface area (Å²) in [5, 5.41) is 0. The second-order valence-electron chi connectivity index (χ2n) is 4.17. The predicted molar refractivity (Wildman–Crippen MR) is 74.2 cm³/mol. The van der Waals surface area contributed by atoms with E-state index in [9.17, 15) is 0 Å². The van der Waals surface area contributed by atoms with Crippen LogP contribution in [0.1, 0.15) is 19.4 Å². The molecule has 2 N–H and O–H groups in total. The molecule has 0 aliphatic rings. The molecule has 0 unspecified atom stereocenters.